The Hall–Kier alpha value is -1.09. The van der Waals surface area contributed by atoms with Crippen LogP contribution < -0.4 is 5.32 Å². The molecule has 1 aromatic heterocycles. The summed E-state index contributed by atoms with van der Waals surface area (Å²) < 4.78 is 5.48. The summed E-state index contributed by atoms with van der Waals surface area (Å²) in [4.78, 5) is 4.40. The van der Waals surface area contributed by atoms with Gasteiger partial charge in [0.2, 0.25) is 0 Å². The normalized spacial score (nSPS) is 26.4. The molecule has 1 fully saturated rings. The van der Waals surface area contributed by atoms with Crippen molar-refractivity contribution in [3.8, 4) is 0 Å². The summed E-state index contributed by atoms with van der Waals surface area (Å²) in [6, 6.07) is 6.42. The maximum atomic E-state index is 5.48. The van der Waals surface area contributed by atoms with Crippen molar-refractivity contribution < 1.29 is 4.74 Å². The summed E-state index contributed by atoms with van der Waals surface area (Å²) in [6.07, 6.45) is 1.36. The predicted molar refractivity (Wildman–Crippen MR) is 56.4 cm³/mol. The molecule has 0 aromatic carbocycles. The Labute approximate surface area is 84.5 Å². The fourth-order valence-electron chi connectivity index (χ4n) is 1.73. The summed E-state index contributed by atoms with van der Waals surface area (Å²) in [7, 11) is 0. The van der Waals surface area contributed by atoms with Gasteiger partial charge in [0.05, 0.1) is 12.1 Å². The van der Waals surface area contributed by atoms with Crippen molar-refractivity contribution in [3.05, 3.63) is 23.9 Å². The van der Waals surface area contributed by atoms with Crippen LogP contribution in [0, 0.1) is 6.92 Å². The van der Waals surface area contributed by atoms with Crippen LogP contribution in [0.1, 0.15) is 19.0 Å². The van der Waals surface area contributed by atoms with E-state index < -0.39 is 0 Å². The van der Waals surface area contributed by atoms with Gasteiger partial charge in [-0.1, -0.05) is 6.07 Å². The molecule has 1 aliphatic rings. The number of anilines is 1. The number of nitrogens with zero attached hydrogens (tertiary/aromatic N) is 1. The summed E-state index contributed by atoms with van der Waals surface area (Å²) >= 11 is 0. The fraction of sp³-hybridized carbons (Fsp3) is 0.545. The molecule has 3 nitrogen and oxygen atoms in total. The highest BCUT2D eigenvalue weighted by Gasteiger charge is 2.23. The highest BCUT2D eigenvalue weighted by Crippen LogP contribution is 2.17. The van der Waals surface area contributed by atoms with Crippen molar-refractivity contribution >= 4 is 5.82 Å². The maximum Gasteiger partial charge on any atom is 0.126 e. The molecule has 0 bridgehead atoms. The zero-order valence-corrected chi connectivity index (χ0v) is 8.66. The lowest BCUT2D eigenvalue weighted by Gasteiger charge is -2.16. The molecule has 0 radical (unpaired) electrons. The van der Waals surface area contributed by atoms with Gasteiger partial charge in [0, 0.05) is 12.3 Å². The second-order valence-electron chi connectivity index (χ2n) is 3.78. The molecule has 0 unspecified atom stereocenters. The van der Waals surface area contributed by atoms with Crippen molar-refractivity contribution in [1.29, 1.82) is 0 Å². The molecule has 1 N–H and O–H groups in total. The molecule has 2 atom stereocenters. The fourth-order valence-corrected chi connectivity index (χ4v) is 1.73. The molecule has 0 aliphatic carbocycles. The van der Waals surface area contributed by atoms with E-state index >= 15 is 0 Å². The third-order valence-electron chi connectivity index (χ3n) is 2.60. The minimum Gasteiger partial charge on any atom is -0.376 e. The topological polar surface area (TPSA) is 34.1 Å². The van der Waals surface area contributed by atoms with E-state index in [-0.39, 0.29) is 6.10 Å². The first kappa shape index (κ1) is 9.46. The van der Waals surface area contributed by atoms with Gasteiger partial charge in [-0.05, 0) is 32.4 Å². The van der Waals surface area contributed by atoms with Crippen LogP contribution in [0.15, 0.2) is 18.2 Å². The molecule has 0 spiro atoms. The second kappa shape index (κ2) is 3.96. The first-order valence-corrected chi connectivity index (χ1v) is 5.07. The van der Waals surface area contributed by atoms with E-state index in [1.54, 1.807) is 0 Å². The molecular weight excluding hydrogens is 176 g/mol. The molecule has 0 saturated carbocycles. The van der Waals surface area contributed by atoms with Gasteiger partial charge in [-0.3, -0.25) is 0 Å². The molecule has 0 amide bonds. The van der Waals surface area contributed by atoms with Crippen LogP contribution in [0.4, 0.5) is 5.82 Å². The molecule has 14 heavy (non-hydrogen) atoms. The molecule has 2 rings (SSSR count). The highest BCUT2D eigenvalue weighted by atomic mass is 16.5. The first-order chi connectivity index (χ1) is 6.75. The Kier molecular flexibility index (Phi) is 2.68. The molecule has 2 heterocycles. The van der Waals surface area contributed by atoms with Crippen molar-refractivity contribution in [2.24, 2.45) is 0 Å². The molecule has 1 aliphatic heterocycles. The van der Waals surface area contributed by atoms with Gasteiger partial charge in [0.15, 0.2) is 0 Å². The van der Waals surface area contributed by atoms with Crippen LogP contribution in [0.5, 0.6) is 0 Å². The lowest BCUT2D eigenvalue weighted by Crippen LogP contribution is -2.27. The van der Waals surface area contributed by atoms with Crippen LogP contribution >= 0.6 is 0 Å². The molecule has 3 heteroatoms. The number of hydrogen-bond acceptors (Lipinski definition) is 3. The van der Waals surface area contributed by atoms with Crippen molar-refractivity contribution in [2.75, 3.05) is 11.9 Å². The van der Waals surface area contributed by atoms with Crippen LogP contribution in [0.3, 0.4) is 0 Å². The van der Waals surface area contributed by atoms with Gasteiger partial charge in [0.1, 0.15) is 5.82 Å². The maximum absolute atomic E-state index is 5.48. The smallest absolute Gasteiger partial charge is 0.126 e. The number of aryl methyl sites for hydroxylation is 1. The summed E-state index contributed by atoms with van der Waals surface area (Å²) in [6.45, 7) is 4.95. The minimum absolute atomic E-state index is 0.289. The van der Waals surface area contributed by atoms with E-state index in [2.05, 4.69) is 17.2 Å². The number of rotatable bonds is 2. The summed E-state index contributed by atoms with van der Waals surface area (Å²) in [5.41, 5.74) is 1.04. The Morgan fingerprint density at radius 1 is 1.50 bits per heavy atom. The Balaban J connectivity index is 2.03. The number of aromatic nitrogens is 1. The van der Waals surface area contributed by atoms with E-state index in [9.17, 15) is 0 Å². The van der Waals surface area contributed by atoms with Gasteiger partial charge in [0.25, 0.3) is 0 Å². The summed E-state index contributed by atoms with van der Waals surface area (Å²) in [5.74, 6) is 0.951. The van der Waals surface area contributed by atoms with Crippen LogP contribution in [0.25, 0.3) is 0 Å². The zero-order chi connectivity index (χ0) is 9.97. The van der Waals surface area contributed by atoms with Crippen LogP contribution in [-0.2, 0) is 4.74 Å². The molecule has 76 valence electrons. The van der Waals surface area contributed by atoms with E-state index in [1.807, 2.05) is 25.1 Å². The SMILES string of the molecule is Cc1cccc(N[C@@H]2CCO[C@@H]2C)n1. The average molecular weight is 192 g/mol. The van der Waals surface area contributed by atoms with E-state index in [0.717, 1.165) is 24.5 Å². The standard InChI is InChI=1S/C11H16N2O/c1-8-4-3-5-11(12-8)13-10-6-7-14-9(10)2/h3-5,9-10H,6-7H2,1-2H3,(H,12,13)/t9-,10-/m1/s1. The van der Waals surface area contributed by atoms with Crippen LogP contribution in [0.2, 0.25) is 0 Å². The predicted octanol–water partition coefficient (Wildman–Crippen LogP) is 1.98. The second-order valence-corrected chi connectivity index (χ2v) is 3.78. The number of nitrogens with one attached hydrogen (secondary N) is 1. The van der Waals surface area contributed by atoms with Gasteiger partial charge in [-0.25, -0.2) is 4.98 Å². The van der Waals surface area contributed by atoms with Crippen molar-refractivity contribution in [2.45, 2.75) is 32.4 Å². The van der Waals surface area contributed by atoms with Gasteiger partial charge >= 0.3 is 0 Å². The molecule has 1 saturated heterocycles. The average Bonchev–Trinajstić information content (AvgIpc) is 2.52. The zero-order valence-electron chi connectivity index (χ0n) is 8.66. The van der Waals surface area contributed by atoms with Crippen molar-refractivity contribution in [1.82, 2.24) is 4.98 Å². The van der Waals surface area contributed by atoms with Crippen LogP contribution in [-0.4, -0.2) is 23.7 Å². The van der Waals surface area contributed by atoms with E-state index in [4.69, 9.17) is 4.74 Å². The number of hydrogen-bond donors (Lipinski definition) is 1. The molecular formula is C11H16N2O. The lowest BCUT2D eigenvalue weighted by atomic mass is 10.1. The quantitative estimate of drug-likeness (QED) is 0.778. The van der Waals surface area contributed by atoms with Crippen molar-refractivity contribution in [3.63, 3.8) is 0 Å². The monoisotopic (exact) mass is 192 g/mol. The Morgan fingerprint density at radius 3 is 3.00 bits per heavy atom. The Morgan fingerprint density at radius 2 is 2.36 bits per heavy atom. The number of pyridine rings is 1. The third kappa shape index (κ3) is 2.04. The lowest BCUT2D eigenvalue weighted by molar-refractivity contribution is 0.121. The number of ether oxygens (including phenoxy) is 1. The van der Waals surface area contributed by atoms with Gasteiger partial charge in [-0.15, -0.1) is 0 Å². The summed E-state index contributed by atoms with van der Waals surface area (Å²) in [5, 5.41) is 3.40. The minimum atomic E-state index is 0.289. The van der Waals surface area contributed by atoms with E-state index in [1.165, 1.54) is 0 Å². The van der Waals surface area contributed by atoms with E-state index in [0.29, 0.717) is 6.04 Å². The third-order valence-corrected chi connectivity index (χ3v) is 2.60. The van der Waals surface area contributed by atoms with Gasteiger partial charge < -0.3 is 10.1 Å². The largest absolute Gasteiger partial charge is 0.376 e. The highest BCUT2D eigenvalue weighted by molar-refractivity contribution is 5.36. The van der Waals surface area contributed by atoms with Gasteiger partial charge in [-0.2, -0.15) is 0 Å². The molecule has 1 aromatic rings. The Bertz CT molecular complexity index is 314. The first-order valence-electron chi connectivity index (χ1n) is 5.07.